The second-order valence-corrected chi connectivity index (χ2v) is 6.34. The van der Waals surface area contributed by atoms with Gasteiger partial charge in [0.25, 0.3) is 0 Å². The number of amides is 1. The molecule has 0 saturated carbocycles. The summed E-state index contributed by atoms with van der Waals surface area (Å²) in [5, 5.41) is 0. The largest absolute Gasteiger partial charge is 0.341 e. The van der Waals surface area contributed by atoms with E-state index in [-0.39, 0.29) is 5.91 Å². The molecule has 1 aromatic carbocycles. The van der Waals surface area contributed by atoms with Crippen molar-refractivity contribution in [1.29, 1.82) is 0 Å². The number of hydrogen-bond acceptors (Lipinski definition) is 3. The van der Waals surface area contributed by atoms with E-state index in [1.54, 1.807) is 6.20 Å². The molecule has 3 heterocycles. The molecule has 1 amide bonds. The van der Waals surface area contributed by atoms with Crippen molar-refractivity contribution in [3.63, 3.8) is 0 Å². The molecule has 0 aliphatic carbocycles. The molecule has 4 rings (SSSR count). The molecule has 0 fully saturated rings. The summed E-state index contributed by atoms with van der Waals surface area (Å²) >= 11 is 0. The van der Waals surface area contributed by atoms with Gasteiger partial charge in [-0.1, -0.05) is 17.7 Å². The number of nitrogens with one attached hydrogen (secondary N) is 1. The Balaban J connectivity index is 1.49. The van der Waals surface area contributed by atoms with Crippen molar-refractivity contribution in [1.82, 2.24) is 15.0 Å². The molecule has 122 valence electrons. The Bertz CT molecular complexity index is 866. The van der Waals surface area contributed by atoms with Crippen molar-refractivity contribution >= 4 is 22.8 Å². The Morgan fingerprint density at radius 3 is 3.12 bits per heavy atom. The first-order chi connectivity index (χ1) is 11.7. The average Bonchev–Trinajstić information content (AvgIpc) is 3.01. The third kappa shape index (κ3) is 2.77. The van der Waals surface area contributed by atoms with Crippen molar-refractivity contribution in [3.8, 4) is 0 Å². The summed E-state index contributed by atoms with van der Waals surface area (Å²) in [6.45, 7) is 2.90. The second-order valence-electron chi connectivity index (χ2n) is 6.34. The van der Waals surface area contributed by atoms with Crippen LogP contribution in [-0.2, 0) is 17.6 Å². The lowest BCUT2D eigenvalue weighted by Crippen LogP contribution is -2.35. The van der Waals surface area contributed by atoms with Crippen molar-refractivity contribution in [2.24, 2.45) is 0 Å². The van der Waals surface area contributed by atoms with Gasteiger partial charge in [0.05, 0.1) is 5.52 Å². The van der Waals surface area contributed by atoms with Crippen LogP contribution >= 0.6 is 0 Å². The quantitative estimate of drug-likeness (QED) is 0.806. The molecule has 0 unspecified atom stereocenters. The van der Waals surface area contributed by atoms with Crippen LogP contribution in [0, 0.1) is 6.92 Å². The molecule has 3 aromatic rings. The van der Waals surface area contributed by atoms with Crippen LogP contribution in [0.15, 0.2) is 36.5 Å². The molecule has 0 spiro atoms. The van der Waals surface area contributed by atoms with Crippen LogP contribution in [0.25, 0.3) is 11.2 Å². The lowest BCUT2D eigenvalue weighted by molar-refractivity contribution is -0.118. The highest BCUT2D eigenvalue weighted by molar-refractivity contribution is 5.94. The highest BCUT2D eigenvalue weighted by atomic mass is 16.2. The van der Waals surface area contributed by atoms with Gasteiger partial charge in [0.2, 0.25) is 5.91 Å². The maximum atomic E-state index is 12.7. The van der Waals surface area contributed by atoms with Crippen molar-refractivity contribution in [3.05, 3.63) is 53.5 Å². The molecule has 0 radical (unpaired) electrons. The zero-order valence-electron chi connectivity index (χ0n) is 13.7. The number of fused-ring (bicyclic) bond motifs is 2. The first-order valence-electron chi connectivity index (χ1n) is 8.40. The lowest BCUT2D eigenvalue weighted by Gasteiger charge is -2.29. The number of carbonyl (C=O) groups is 1. The molecular formula is C19H20N4O. The summed E-state index contributed by atoms with van der Waals surface area (Å²) < 4.78 is 0. The van der Waals surface area contributed by atoms with Gasteiger partial charge in [0.1, 0.15) is 5.82 Å². The first kappa shape index (κ1) is 14.9. The molecule has 5 heteroatoms. The van der Waals surface area contributed by atoms with Crippen LogP contribution in [0.5, 0.6) is 0 Å². The Kier molecular flexibility index (Phi) is 3.76. The maximum Gasteiger partial charge on any atom is 0.227 e. The molecule has 1 aliphatic rings. The second kappa shape index (κ2) is 6.07. The fourth-order valence-corrected chi connectivity index (χ4v) is 3.36. The number of hydrogen-bond donors (Lipinski definition) is 1. The minimum atomic E-state index is 0.160. The van der Waals surface area contributed by atoms with Gasteiger partial charge >= 0.3 is 0 Å². The van der Waals surface area contributed by atoms with Crippen LogP contribution in [0.4, 0.5) is 5.69 Å². The van der Waals surface area contributed by atoms with Gasteiger partial charge in [-0.15, -0.1) is 0 Å². The molecule has 1 N–H and O–H groups in total. The van der Waals surface area contributed by atoms with Gasteiger partial charge in [-0.3, -0.25) is 4.79 Å². The number of H-pyrrole nitrogens is 1. The van der Waals surface area contributed by atoms with Crippen molar-refractivity contribution < 1.29 is 4.79 Å². The SMILES string of the molecule is Cc1ccc2c(c1)CCCN2C(=O)CCc1nc2ncccc2[nH]1. The molecular weight excluding hydrogens is 300 g/mol. The van der Waals surface area contributed by atoms with E-state index in [2.05, 4.69) is 40.1 Å². The molecule has 1 aliphatic heterocycles. The number of aromatic nitrogens is 3. The Hall–Kier alpha value is -2.69. The minimum absolute atomic E-state index is 0.160. The number of carbonyl (C=O) groups excluding carboxylic acids is 1. The van der Waals surface area contributed by atoms with Gasteiger partial charge in [0, 0.05) is 31.3 Å². The zero-order chi connectivity index (χ0) is 16.5. The summed E-state index contributed by atoms with van der Waals surface area (Å²) in [5.74, 6) is 0.978. The topological polar surface area (TPSA) is 61.9 Å². The predicted molar refractivity (Wildman–Crippen MR) is 94.1 cm³/mol. The lowest BCUT2D eigenvalue weighted by atomic mass is 9.99. The van der Waals surface area contributed by atoms with Gasteiger partial charge in [-0.2, -0.15) is 0 Å². The summed E-state index contributed by atoms with van der Waals surface area (Å²) in [7, 11) is 0. The summed E-state index contributed by atoms with van der Waals surface area (Å²) in [6.07, 6.45) is 4.86. The van der Waals surface area contributed by atoms with Crippen LogP contribution in [0.1, 0.15) is 29.8 Å². The van der Waals surface area contributed by atoms with E-state index < -0.39 is 0 Å². The highest BCUT2D eigenvalue weighted by Gasteiger charge is 2.22. The standard InChI is InChI=1S/C19H20N4O/c1-13-6-7-16-14(12-13)4-3-11-23(16)18(24)9-8-17-21-15-5-2-10-20-19(15)22-17/h2,5-7,10,12H,3-4,8-9,11H2,1H3,(H,20,21,22). The van der Waals surface area contributed by atoms with E-state index in [1.807, 2.05) is 17.0 Å². The van der Waals surface area contributed by atoms with Gasteiger partial charge in [-0.05, 0) is 43.5 Å². The third-order valence-electron chi connectivity index (χ3n) is 4.54. The van der Waals surface area contributed by atoms with Crippen molar-refractivity contribution in [2.75, 3.05) is 11.4 Å². The van der Waals surface area contributed by atoms with E-state index >= 15 is 0 Å². The normalized spacial score (nSPS) is 14.0. The van der Waals surface area contributed by atoms with Gasteiger partial charge < -0.3 is 9.88 Å². The van der Waals surface area contributed by atoms with Crippen LogP contribution < -0.4 is 4.90 Å². The Labute approximate surface area is 140 Å². The summed E-state index contributed by atoms with van der Waals surface area (Å²) in [4.78, 5) is 26.5. The van der Waals surface area contributed by atoms with Crippen LogP contribution in [0.3, 0.4) is 0 Å². The number of rotatable bonds is 3. The van der Waals surface area contributed by atoms with E-state index in [0.29, 0.717) is 18.5 Å². The number of nitrogens with zero attached hydrogens (tertiary/aromatic N) is 3. The Morgan fingerprint density at radius 1 is 1.33 bits per heavy atom. The monoisotopic (exact) mass is 320 g/mol. The van der Waals surface area contributed by atoms with Crippen LogP contribution in [0.2, 0.25) is 0 Å². The number of benzene rings is 1. The molecule has 0 bridgehead atoms. The van der Waals surface area contributed by atoms with E-state index in [0.717, 1.165) is 36.4 Å². The number of imidazole rings is 1. The number of aryl methyl sites for hydroxylation is 3. The molecule has 5 nitrogen and oxygen atoms in total. The Morgan fingerprint density at radius 2 is 2.25 bits per heavy atom. The highest BCUT2D eigenvalue weighted by Crippen LogP contribution is 2.28. The van der Waals surface area contributed by atoms with Crippen LogP contribution in [-0.4, -0.2) is 27.4 Å². The molecule has 0 atom stereocenters. The third-order valence-corrected chi connectivity index (χ3v) is 4.54. The van der Waals surface area contributed by atoms with E-state index in [1.165, 1.54) is 11.1 Å². The van der Waals surface area contributed by atoms with Gasteiger partial charge in [0.15, 0.2) is 5.65 Å². The van der Waals surface area contributed by atoms with Gasteiger partial charge in [-0.25, -0.2) is 9.97 Å². The number of aromatic amines is 1. The molecule has 2 aromatic heterocycles. The smallest absolute Gasteiger partial charge is 0.227 e. The molecule has 24 heavy (non-hydrogen) atoms. The fraction of sp³-hybridized carbons (Fsp3) is 0.316. The zero-order valence-corrected chi connectivity index (χ0v) is 13.7. The average molecular weight is 320 g/mol. The predicted octanol–water partition coefficient (Wildman–Crippen LogP) is 3.18. The summed E-state index contributed by atoms with van der Waals surface area (Å²) in [5.41, 5.74) is 5.22. The van der Waals surface area contributed by atoms with Crippen molar-refractivity contribution in [2.45, 2.75) is 32.6 Å². The number of anilines is 1. The summed E-state index contributed by atoms with van der Waals surface area (Å²) in [6, 6.07) is 10.2. The fourth-order valence-electron chi connectivity index (χ4n) is 3.36. The minimum Gasteiger partial charge on any atom is -0.341 e. The number of pyridine rings is 1. The molecule has 0 saturated heterocycles. The van der Waals surface area contributed by atoms with E-state index in [9.17, 15) is 4.79 Å². The van der Waals surface area contributed by atoms with E-state index in [4.69, 9.17) is 0 Å². The maximum absolute atomic E-state index is 12.7. The first-order valence-corrected chi connectivity index (χ1v) is 8.40.